The number of pyridine rings is 1. The molecule has 0 bridgehead atoms. The molecule has 1 aliphatic carbocycles. The molecule has 2 aromatic rings. The van der Waals surface area contributed by atoms with E-state index in [1.54, 1.807) is 11.8 Å². The zero-order valence-electron chi connectivity index (χ0n) is 14.4. The Kier molecular flexibility index (Phi) is 4.00. The molecule has 1 aromatic carbocycles. The number of carbonyl (C=O) groups is 1. The van der Waals surface area contributed by atoms with Crippen molar-refractivity contribution < 1.29 is 14.3 Å². The summed E-state index contributed by atoms with van der Waals surface area (Å²) in [5.41, 5.74) is 3.26. The van der Waals surface area contributed by atoms with E-state index in [0.717, 1.165) is 41.0 Å². The number of hydrogen-bond acceptors (Lipinski definition) is 5. The van der Waals surface area contributed by atoms with Crippen LogP contribution < -0.4 is 9.47 Å². The van der Waals surface area contributed by atoms with Crippen molar-refractivity contribution in [3.8, 4) is 22.6 Å². The number of benzene rings is 1. The van der Waals surface area contributed by atoms with Gasteiger partial charge in [0.1, 0.15) is 5.37 Å². The maximum atomic E-state index is 12.6. The van der Waals surface area contributed by atoms with Gasteiger partial charge >= 0.3 is 0 Å². The fourth-order valence-corrected chi connectivity index (χ4v) is 5.46. The molecule has 2 fully saturated rings. The number of aromatic nitrogens is 1. The van der Waals surface area contributed by atoms with E-state index in [1.807, 2.05) is 30.6 Å². The van der Waals surface area contributed by atoms with Crippen LogP contribution in [-0.2, 0) is 4.79 Å². The number of amides is 1. The highest BCUT2D eigenvalue weighted by Gasteiger charge is 2.39. The molecule has 1 amide bonds. The van der Waals surface area contributed by atoms with Crippen LogP contribution in [-0.4, -0.2) is 34.4 Å². The largest absolute Gasteiger partial charge is 0.454 e. The Morgan fingerprint density at radius 1 is 1.12 bits per heavy atom. The third-order valence-electron chi connectivity index (χ3n) is 5.43. The lowest BCUT2D eigenvalue weighted by molar-refractivity contribution is -0.130. The number of ether oxygens (including phenoxy) is 2. The summed E-state index contributed by atoms with van der Waals surface area (Å²) < 4.78 is 11.0. The van der Waals surface area contributed by atoms with Gasteiger partial charge in [-0.3, -0.25) is 9.78 Å². The lowest BCUT2D eigenvalue weighted by Gasteiger charge is -2.31. The molecule has 1 atom stereocenters. The van der Waals surface area contributed by atoms with Crippen molar-refractivity contribution in [2.45, 2.75) is 37.1 Å². The first kappa shape index (κ1) is 16.0. The fraction of sp³-hybridized carbons (Fsp3) is 0.400. The number of rotatable bonds is 3. The van der Waals surface area contributed by atoms with Crippen molar-refractivity contribution in [3.63, 3.8) is 0 Å². The van der Waals surface area contributed by atoms with Gasteiger partial charge in [0.2, 0.25) is 12.7 Å². The Labute approximate surface area is 156 Å². The lowest BCUT2D eigenvalue weighted by Crippen LogP contribution is -2.36. The minimum atomic E-state index is 0.0639. The lowest BCUT2D eigenvalue weighted by atomic mass is 10.0. The topological polar surface area (TPSA) is 51.7 Å². The first-order chi connectivity index (χ1) is 12.8. The zero-order chi connectivity index (χ0) is 17.5. The van der Waals surface area contributed by atoms with Crippen LogP contribution in [0.3, 0.4) is 0 Å². The number of nitrogens with zero attached hydrogens (tertiary/aromatic N) is 2. The van der Waals surface area contributed by atoms with Crippen molar-refractivity contribution in [3.05, 3.63) is 42.2 Å². The second kappa shape index (κ2) is 6.50. The third kappa shape index (κ3) is 2.63. The van der Waals surface area contributed by atoms with Crippen LogP contribution in [0.2, 0.25) is 0 Å². The Bertz CT molecular complexity index is 851. The normalized spacial score (nSPS) is 22.4. The van der Waals surface area contributed by atoms with Gasteiger partial charge in [-0.15, -0.1) is 11.8 Å². The van der Waals surface area contributed by atoms with Gasteiger partial charge in [-0.05, 0) is 42.2 Å². The number of hydrogen-bond donors (Lipinski definition) is 0. The van der Waals surface area contributed by atoms with Crippen LogP contribution in [0.4, 0.5) is 0 Å². The van der Waals surface area contributed by atoms with Crippen LogP contribution in [0, 0.1) is 0 Å². The molecule has 134 valence electrons. The van der Waals surface area contributed by atoms with Gasteiger partial charge in [-0.2, -0.15) is 0 Å². The number of fused-ring (bicyclic) bond motifs is 1. The van der Waals surface area contributed by atoms with E-state index in [1.165, 1.54) is 12.8 Å². The molecule has 1 aromatic heterocycles. The zero-order valence-corrected chi connectivity index (χ0v) is 15.2. The molecule has 26 heavy (non-hydrogen) atoms. The quantitative estimate of drug-likeness (QED) is 0.820. The molecule has 5 nitrogen and oxygen atoms in total. The van der Waals surface area contributed by atoms with Gasteiger partial charge in [-0.25, -0.2) is 0 Å². The van der Waals surface area contributed by atoms with E-state index in [-0.39, 0.29) is 18.1 Å². The maximum absolute atomic E-state index is 12.6. The Hall–Kier alpha value is -2.21. The summed E-state index contributed by atoms with van der Waals surface area (Å²) in [6.45, 7) is 0.265. The molecule has 3 heterocycles. The molecule has 5 rings (SSSR count). The van der Waals surface area contributed by atoms with Crippen molar-refractivity contribution in [1.29, 1.82) is 0 Å². The van der Waals surface area contributed by atoms with Crippen molar-refractivity contribution in [1.82, 2.24) is 9.88 Å². The summed E-state index contributed by atoms with van der Waals surface area (Å²) in [6.07, 6.45) is 8.39. The smallest absolute Gasteiger partial charge is 0.234 e. The third-order valence-corrected chi connectivity index (χ3v) is 6.64. The predicted molar refractivity (Wildman–Crippen MR) is 100 cm³/mol. The highest BCUT2D eigenvalue weighted by atomic mass is 32.2. The van der Waals surface area contributed by atoms with Crippen LogP contribution >= 0.6 is 11.8 Å². The van der Waals surface area contributed by atoms with Crippen LogP contribution in [0.1, 0.15) is 36.6 Å². The van der Waals surface area contributed by atoms with Gasteiger partial charge in [0.05, 0.1) is 5.75 Å². The van der Waals surface area contributed by atoms with E-state index < -0.39 is 0 Å². The fourth-order valence-electron chi connectivity index (χ4n) is 4.18. The molecule has 0 N–H and O–H groups in total. The van der Waals surface area contributed by atoms with Crippen LogP contribution in [0.5, 0.6) is 11.5 Å². The van der Waals surface area contributed by atoms with Crippen molar-refractivity contribution in [2.24, 2.45) is 0 Å². The summed E-state index contributed by atoms with van der Waals surface area (Å²) in [4.78, 5) is 19.1. The van der Waals surface area contributed by atoms with E-state index >= 15 is 0 Å². The molecule has 1 saturated carbocycles. The average molecular weight is 368 g/mol. The van der Waals surface area contributed by atoms with Crippen molar-refractivity contribution >= 4 is 17.7 Å². The predicted octanol–water partition coefficient (Wildman–Crippen LogP) is 3.99. The van der Waals surface area contributed by atoms with E-state index in [9.17, 15) is 4.79 Å². The molecular weight excluding hydrogens is 348 g/mol. The Morgan fingerprint density at radius 3 is 2.85 bits per heavy atom. The van der Waals surface area contributed by atoms with E-state index in [2.05, 4.69) is 16.0 Å². The summed E-state index contributed by atoms with van der Waals surface area (Å²) in [5.74, 6) is 2.36. The monoisotopic (exact) mass is 368 g/mol. The second-order valence-electron chi connectivity index (χ2n) is 6.93. The Balaban J connectivity index is 1.54. The second-order valence-corrected chi connectivity index (χ2v) is 8.00. The summed E-state index contributed by atoms with van der Waals surface area (Å²) in [7, 11) is 0. The number of thioether (sulfide) groups is 1. The molecular formula is C20H20N2O3S. The first-order valence-electron chi connectivity index (χ1n) is 9.08. The molecule has 1 saturated heterocycles. The summed E-state index contributed by atoms with van der Waals surface area (Å²) in [6, 6.07) is 8.41. The first-order valence-corrected chi connectivity index (χ1v) is 10.1. The van der Waals surface area contributed by atoms with Gasteiger partial charge in [0, 0.05) is 24.0 Å². The SMILES string of the molecule is O=C1CSC(c2ccncc2-c2ccc3c(c2)OCO3)N1C1CCCC1. The minimum Gasteiger partial charge on any atom is -0.454 e. The van der Waals surface area contributed by atoms with E-state index in [0.29, 0.717) is 11.8 Å². The molecule has 1 unspecified atom stereocenters. The highest BCUT2D eigenvalue weighted by molar-refractivity contribution is 8.00. The van der Waals surface area contributed by atoms with E-state index in [4.69, 9.17) is 9.47 Å². The molecule has 3 aliphatic rings. The molecule has 6 heteroatoms. The standard InChI is InChI=1S/C20H20N2O3S/c23-19-11-26-20(22(19)14-3-1-2-4-14)15-7-8-21-10-16(15)13-5-6-17-18(9-13)25-12-24-17/h5-10,14,20H,1-4,11-12H2. The molecule has 0 radical (unpaired) electrons. The summed E-state index contributed by atoms with van der Waals surface area (Å²) in [5, 5.41) is 0.0639. The number of carbonyl (C=O) groups excluding carboxylic acids is 1. The van der Waals surface area contributed by atoms with Crippen LogP contribution in [0.15, 0.2) is 36.7 Å². The van der Waals surface area contributed by atoms with Crippen LogP contribution in [0.25, 0.3) is 11.1 Å². The van der Waals surface area contributed by atoms with Crippen molar-refractivity contribution in [2.75, 3.05) is 12.5 Å². The minimum absolute atomic E-state index is 0.0639. The Morgan fingerprint density at radius 2 is 1.96 bits per heavy atom. The molecule has 0 spiro atoms. The van der Waals surface area contributed by atoms with Gasteiger partial charge in [0.15, 0.2) is 11.5 Å². The molecule has 2 aliphatic heterocycles. The summed E-state index contributed by atoms with van der Waals surface area (Å²) >= 11 is 1.73. The highest BCUT2D eigenvalue weighted by Crippen LogP contribution is 2.46. The average Bonchev–Trinajstić information content (AvgIpc) is 3.41. The van der Waals surface area contributed by atoms with Gasteiger partial charge in [-0.1, -0.05) is 18.9 Å². The van der Waals surface area contributed by atoms with Gasteiger partial charge in [0.25, 0.3) is 0 Å². The van der Waals surface area contributed by atoms with Gasteiger partial charge < -0.3 is 14.4 Å². The maximum Gasteiger partial charge on any atom is 0.234 e.